The van der Waals surface area contributed by atoms with Gasteiger partial charge in [0.15, 0.2) is 0 Å². The molecule has 0 aliphatic rings. The lowest BCUT2D eigenvalue weighted by Crippen LogP contribution is -2.23. The van der Waals surface area contributed by atoms with E-state index in [4.69, 9.17) is 13.9 Å². The van der Waals surface area contributed by atoms with E-state index >= 15 is 0 Å². The fourth-order valence-electron chi connectivity index (χ4n) is 2.11. The standard InChI is InChI=1S/C16H21NO4/c1-19-11-15-7-6-14(21-15)9-17-16(10-18)12-4-3-5-13(8-12)20-2/h3-8,16-18H,9-11H2,1-2H3. The Hall–Kier alpha value is -1.82. The van der Waals surface area contributed by atoms with Crippen LogP contribution in [0, 0.1) is 0 Å². The van der Waals surface area contributed by atoms with Crippen LogP contribution in [-0.4, -0.2) is 25.9 Å². The van der Waals surface area contributed by atoms with Crippen molar-refractivity contribution < 1.29 is 19.0 Å². The molecule has 114 valence electrons. The van der Waals surface area contributed by atoms with Gasteiger partial charge in [-0.1, -0.05) is 12.1 Å². The van der Waals surface area contributed by atoms with E-state index in [-0.39, 0.29) is 12.6 Å². The number of hydrogen-bond acceptors (Lipinski definition) is 5. The molecule has 0 radical (unpaired) electrons. The molecule has 1 atom stereocenters. The lowest BCUT2D eigenvalue weighted by Gasteiger charge is -2.16. The molecule has 0 fully saturated rings. The minimum absolute atomic E-state index is 0.00119. The average molecular weight is 291 g/mol. The van der Waals surface area contributed by atoms with Crippen LogP contribution in [0.2, 0.25) is 0 Å². The molecule has 1 aromatic carbocycles. The first-order chi connectivity index (χ1) is 10.3. The van der Waals surface area contributed by atoms with Gasteiger partial charge in [0.1, 0.15) is 23.9 Å². The van der Waals surface area contributed by atoms with Crippen molar-refractivity contribution in [2.45, 2.75) is 19.2 Å². The highest BCUT2D eigenvalue weighted by molar-refractivity contribution is 5.30. The van der Waals surface area contributed by atoms with E-state index in [9.17, 15) is 5.11 Å². The van der Waals surface area contributed by atoms with Crippen LogP contribution in [-0.2, 0) is 17.9 Å². The minimum Gasteiger partial charge on any atom is -0.497 e. The van der Waals surface area contributed by atoms with Gasteiger partial charge >= 0.3 is 0 Å². The molecule has 5 nitrogen and oxygen atoms in total. The second-order valence-corrected chi connectivity index (χ2v) is 4.69. The van der Waals surface area contributed by atoms with Gasteiger partial charge in [0.2, 0.25) is 0 Å². The number of aliphatic hydroxyl groups excluding tert-OH is 1. The number of benzene rings is 1. The van der Waals surface area contributed by atoms with Crippen molar-refractivity contribution in [3.63, 3.8) is 0 Å². The van der Waals surface area contributed by atoms with Gasteiger partial charge in [-0.05, 0) is 29.8 Å². The van der Waals surface area contributed by atoms with Crippen molar-refractivity contribution in [3.8, 4) is 5.75 Å². The van der Waals surface area contributed by atoms with E-state index in [1.165, 1.54) is 0 Å². The van der Waals surface area contributed by atoms with Gasteiger partial charge in [0.25, 0.3) is 0 Å². The number of rotatable bonds is 8. The summed E-state index contributed by atoms with van der Waals surface area (Å²) in [6, 6.07) is 11.3. The molecule has 0 aliphatic heterocycles. The largest absolute Gasteiger partial charge is 0.497 e. The quantitative estimate of drug-likeness (QED) is 0.781. The number of nitrogens with one attached hydrogen (secondary N) is 1. The summed E-state index contributed by atoms with van der Waals surface area (Å²) in [7, 11) is 3.26. The van der Waals surface area contributed by atoms with Crippen molar-refractivity contribution in [1.82, 2.24) is 5.32 Å². The zero-order valence-electron chi connectivity index (χ0n) is 12.3. The van der Waals surface area contributed by atoms with Crippen LogP contribution in [0.1, 0.15) is 23.1 Å². The molecule has 1 aromatic heterocycles. The van der Waals surface area contributed by atoms with Gasteiger partial charge in [-0.3, -0.25) is 0 Å². The SMILES string of the molecule is COCc1ccc(CNC(CO)c2cccc(OC)c2)o1. The topological polar surface area (TPSA) is 63.9 Å². The zero-order valence-corrected chi connectivity index (χ0v) is 12.3. The highest BCUT2D eigenvalue weighted by Gasteiger charge is 2.12. The Morgan fingerprint density at radius 1 is 1.19 bits per heavy atom. The third kappa shape index (κ3) is 4.32. The van der Waals surface area contributed by atoms with Crippen LogP contribution in [0.3, 0.4) is 0 Å². The molecule has 0 spiro atoms. The number of methoxy groups -OCH3 is 2. The van der Waals surface area contributed by atoms with Crippen LogP contribution in [0.15, 0.2) is 40.8 Å². The van der Waals surface area contributed by atoms with E-state index in [1.54, 1.807) is 14.2 Å². The molecule has 2 N–H and O–H groups in total. The number of furan rings is 1. The molecule has 1 heterocycles. The Morgan fingerprint density at radius 3 is 2.71 bits per heavy atom. The monoisotopic (exact) mass is 291 g/mol. The normalized spacial score (nSPS) is 12.3. The Kier molecular flexibility index (Phi) is 5.80. The molecule has 2 aromatic rings. The lowest BCUT2D eigenvalue weighted by molar-refractivity contribution is 0.162. The Balaban J connectivity index is 1.97. The highest BCUT2D eigenvalue weighted by atomic mass is 16.5. The van der Waals surface area contributed by atoms with Crippen LogP contribution < -0.4 is 10.1 Å². The third-order valence-corrected chi connectivity index (χ3v) is 3.21. The Bertz CT molecular complexity index is 553. The molecule has 1 unspecified atom stereocenters. The van der Waals surface area contributed by atoms with Gasteiger partial charge in [0, 0.05) is 7.11 Å². The van der Waals surface area contributed by atoms with Crippen molar-refractivity contribution >= 4 is 0 Å². The van der Waals surface area contributed by atoms with E-state index in [0.29, 0.717) is 13.2 Å². The first-order valence-corrected chi connectivity index (χ1v) is 6.81. The van der Waals surface area contributed by atoms with Crippen LogP contribution >= 0.6 is 0 Å². The lowest BCUT2D eigenvalue weighted by atomic mass is 10.1. The van der Waals surface area contributed by atoms with Crippen molar-refractivity contribution in [3.05, 3.63) is 53.5 Å². The molecule has 0 saturated heterocycles. The molecule has 21 heavy (non-hydrogen) atoms. The predicted molar refractivity (Wildman–Crippen MR) is 79.1 cm³/mol. The average Bonchev–Trinajstić information content (AvgIpc) is 2.96. The van der Waals surface area contributed by atoms with E-state index < -0.39 is 0 Å². The van der Waals surface area contributed by atoms with Gasteiger partial charge in [-0.2, -0.15) is 0 Å². The van der Waals surface area contributed by atoms with Crippen molar-refractivity contribution in [2.24, 2.45) is 0 Å². The number of hydrogen-bond donors (Lipinski definition) is 2. The van der Waals surface area contributed by atoms with Gasteiger partial charge in [0.05, 0.1) is 26.3 Å². The molecule has 0 aliphatic carbocycles. The summed E-state index contributed by atoms with van der Waals surface area (Å²) >= 11 is 0. The maximum absolute atomic E-state index is 9.56. The zero-order chi connectivity index (χ0) is 15.1. The summed E-state index contributed by atoms with van der Waals surface area (Å²) in [5.74, 6) is 2.37. The second kappa shape index (κ2) is 7.83. The second-order valence-electron chi connectivity index (χ2n) is 4.69. The summed E-state index contributed by atoms with van der Waals surface area (Å²) in [6.07, 6.45) is 0. The first-order valence-electron chi connectivity index (χ1n) is 6.81. The van der Waals surface area contributed by atoms with Crippen molar-refractivity contribution in [2.75, 3.05) is 20.8 Å². The van der Waals surface area contributed by atoms with Crippen LogP contribution in [0.4, 0.5) is 0 Å². The minimum atomic E-state index is -0.170. The molecular weight excluding hydrogens is 270 g/mol. The van der Waals surface area contributed by atoms with Gasteiger partial charge < -0.3 is 24.3 Å². The maximum Gasteiger partial charge on any atom is 0.129 e. The highest BCUT2D eigenvalue weighted by Crippen LogP contribution is 2.19. The molecular formula is C16H21NO4. The Labute approximate surface area is 124 Å². The van der Waals surface area contributed by atoms with Crippen LogP contribution in [0.5, 0.6) is 5.75 Å². The number of ether oxygens (including phenoxy) is 2. The van der Waals surface area contributed by atoms with Gasteiger partial charge in [-0.25, -0.2) is 0 Å². The van der Waals surface area contributed by atoms with E-state index in [2.05, 4.69) is 5.32 Å². The summed E-state index contributed by atoms with van der Waals surface area (Å²) < 4.78 is 15.8. The summed E-state index contributed by atoms with van der Waals surface area (Å²) in [5.41, 5.74) is 0.973. The molecule has 2 rings (SSSR count). The first kappa shape index (κ1) is 15.6. The summed E-state index contributed by atoms with van der Waals surface area (Å²) in [4.78, 5) is 0. The maximum atomic E-state index is 9.56. The predicted octanol–water partition coefficient (Wildman–Crippen LogP) is 2.26. The fraction of sp³-hybridized carbons (Fsp3) is 0.375. The van der Waals surface area contributed by atoms with E-state index in [1.807, 2.05) is 36.4 Å². The fourth-order valence-corrected chi connectivity index (χ4v) is 2.11. The molecule has 0 saturated carbocycles. The summed E-state index contributed by atoms with van der Waals surface area (Å²) in [5, 5.41) is 12.8. The third-order valence-electron chi connectivity index (χ3n) is 3.21. The summed E-state index contributed by atoms with van der Waals surface area (Å²) in [6.45, 7) is 0.990. The Morgan fingerprint density at radius 2 is 2.00 bits per heavy atom. The van der Waals surface area contributed by atoms with Crippen LogP contribution in [0.25, 0.3) is 0 Å². The van der Waals surface area contributed by atoms with Crippen molar-refractivity contribution in [1.29, 1.82) is 0 Å². The number of aliphatic hydroxyl groups is 1. The smallest absolute Gasteiger partial charge is 0.129 e. The molecule has 0 bridgehead atoms. The van der Waals surface area contributed by atoms with E-state index in [0.717, 1.165) is 22.8 Å². The van der Waals surface area contributed by atoms with Gasteiger partial charge in [-0.15, -0.1) is 0 Å². The molecule has 0 amide bonds. The molecule has 5 heteroatoms.